The second-order valence-corrected chi connectivity index (χ2v) is 15.8. The van der Waals surface area contributed by atoms with Crippen LogP contribution in [0.25, 0.3) is 16.9 Å². The van der Waals surface area contributed by atoms with Gasteiger partial charge in [0, 0.05) is 22.8 Å². The molecule has 2 aromatic carbocycles. The number of hydrogen-bond acceptors (Lipinski definition) is 0. The lowest BCUT2D eigenvalue weighted by Gasteiger charge is -2.20. The van der Waals surface area contributed by atoms with Gasteiger partial charge in [-0.05, 0) is 141 Å². The van der Waals surface area contributed by atoms with E-state index >= 15 is 0 Å². The van der Waals surface area contributed by atoms with Gasteiger partial charge in [0.15, 0.2) is 0 Å². The lowest BCUT2D eigenvalue weighted by Crippen LogP contribution is -2.09. The van der Waals surface area contributed by atoms with Crippen molar-refractivity contribution >= 4 is 11.4 Å². The van der Waals surface area contributed by atoms with E-state index in [4.69, 9.17) is 0 Å². The van der Waals surface area contributed by atoms with Crippen LogP contribution in [0.2, 0.25) is 0 Å². The molecule has 0 N–H and O–H groups in total. The molecule has 0 aromatic heterocycles. The van der Waals surface area contributed by atoms with E-state index in [1.165, 1.54) is 156 Å². The summed E-state index contributed by atoms with van der Waals surface area (Å²) in [6, 6.07) is 9.94. The molecule has 0 fully saturated rings. The maximum absolute atomic E-state index is 12.4. The van der Waals surface area contributed by atoms with Gasteiger partial charge in [-0.25, -0.2) is 4.70 Å². The fourth-order valence-corrected chi connectivity index (χ4v) is 8.30. The van der Waals surface area contributed by atoms with Gasteiger partial charge in [-0.3, -0.25) is 0 Å². The van der Waals surface area contributed by atoms with Crippen molar-refractivity contribution in [3.05, 3.63) is 86.0 Å². The minimum Gasteiger partial charge on any atom is -0.493 e. The van der Waals surface area contributed by atoms with Crippen molar-refractivity contribution in [2.45, 2.75) is 215 Å². The minimum absolute atomic E-state index is 0.978. The Balaban J connectivity index is 2.15. The lowest BCUT2D eigenvalue weighted by molar-refractivity contribution is -0.344. The van der Waals surface area contributed by atoms with Crippen molar-refractivity contribution in [3.8, 4) is 0 Å². The number of allylic oxidation sites excluding steroid dienone is 2. The van der Waals surface area contributed by atoms with Crippen molar-refractivity contribution in [1.82, 2.24) is 0 Å². The highest BCUT2D eigenvalue weighted by atomic mass is 15.2. The van der Waals surface area contributed by atoms with Gasteiger partial charge in [0.05, 0.1) is 0 Å². The molecule has 3 rings (SSSR count). The van der Waals surface area contributed by atoms with Crippen LogP contribution in [-0.4, -0.2) is 4.70 Å². The van der Waals surface area contributed by atoms with E-state index in [9.17, 15) is 5.53 Å². The first-order valence-corrected chi connectivity index (χ1v) is 22.2. The Kier molecular flexibility index (Phi) is 20.8. The summed E-state index contributed by atoms with van der Waals surface area (Å²) in [4.78, 5) is 0. The highest BCUT2D eigenvalue weighted by molar-refractivity contribution is 5.79. The lowest BCUT2D eigenvalue weighted by atomic mass is 9.87. The van der Waals surface area contributed by atoms with Gasteiger partial charge in [0.25, 0.3) is 0 Å². The van der Waals surface area contributed by atoms with Crippen molar-refractivity contribution in [1.29, 1.82) is 0 Å². The maximum atomic E-state index is 12.4. The molecule has 0 bridgehead atoms. The van der Waals surface area contributed by atoms with Gasteiger partial charge >= 0.3 is 0 Å². The average molecular weight is 695 g/mol. The SMILES string of the molecule is CCCCCc1cc(C2=CC(CCC)=C(c3cc(CCCCC)c(CCCCC)c(CCCCC)c3)[N+]2=[N-])cc(CCCCC)c1CCCCC. The second-order valence-electron chi connectivity index (χ2n) is 15.8. The van der Waals surface area contributed by atoms with E-state index in [1.54, 1.807) is 27.0 Å². The maximum Gasteiger partial charge on any atom is 0.210 e. The van der Waals surface area contributed by atoms with Crippen molar-refractivity contribution in [2.24, 2.45) is 0 Å². The predicted molar refractivity (Wildman–Crippen MR) is 226 cm³/mol. The van der Waals surface area contributed by atoms with Gasteiger partial charge < -0.3 is 5.53 Å². The first kappa shape index (κ1) is 42.9. The normalized spacial score (nSPS) is 13.2. The first-order valence-electron chi connectivity index (χ1n) is 22.2. The molecule has 51 heavy (non-hydrogen) atoms. The van der Waals surface area contributed by atoms with Gasteiger partial charge in [0.1, 0.15) is 0 Å². The Bertz CT molecular complexity index is 1330. The standard InChI is InChI=1S/C49H78N2/c1-8-15-21-28-39-34-44(35-40(29-22-16-9-2)46(39)32-25-19-12-5)48-38-43(27-14-7)49(51(48)50)45-36-41(30-23-17-10-3)47(33-26-20-13-6)42(37-45)31-24-18-11-4/h34-38H,8-33H2,1-7H3. The molecule has 0 aliphatic carbocycles. The summed E-state index contributed by atoms with van der Waals surface area (Å²) >= 11 is 0. The van der Waals surface area contributed by atoms with Crippen molar-refractivity contribution in [2.75, 3.05) is 0 Å². The van der Waals surface area contributed by atoms with Crippen LogP contribution in [0, 0.1) is 0 Å². The number of hydrogen-bond donors (Lipinski definition) is 0. The molecule has 0 spiro atoms. The number of unbranched alkanes of at least 4 members (excludes halogenated alkanes) is 12. The zero-order valence-electron chi connectivity index (χ0n) is 34.7. The summed E-state index contributed by atoms with van der Waals surface area (Å²) < 4.78 is 1.61. The Labute approximate surface area is 316 Å². The van der Waals surface area contributed by atoms with Crippen LogP contribution < -0.4 is 0 Å². The molecule has 0 saturated carbocycles. The molecule has 2 heteroatoms. The van der Waals surface area contributed by atoms with Gasteiger partial charge in [0.2, 0.25) is 11.4 Å². The molecule has 0 radical (unpaired) electrons. The summed E-state index contributed by atoms with van der Waals surface area (Å²) in [6.45, 7) is 16.2. The topological polar surface area (TPSA) is 25.3 Å². The van der Waals surface area contributed by atoms with Crippen molar-refractivity contribution < 1.29 is 4.70 Å². The summed E-state index contributed by atoms with van der Waals surface area (Å²) in [5.74, 6) is 0. The monoisotopic (exact) mass is 695 g/mol. The third kappa shape index (κ3) is 13.2. The number of benzene rings is 2. The van der Waals surface area contributed by atoms with E-state index in [0.29, 0.717) is 0 Å². The van der Waals surface area contributed by atoms with E-state index in [2.05, 4.69) is 78.8 Å². The van der Waals surface area contributed by atoms with Gasteiger partial charge in [-0.2, -0.15) is 0 Å². The summed E-state index contributed by atoms with van der Waals surface area (Å²) in [7, 11) is 0. The van der Waals surface area contributed by atoms with E-state index in [0.717, 1.165) is 49.9 Å². The third-order valence-corrected chi connectivity index (χ3v) is 11.3. The minimum atomic E-state index is 0.978. The van der Waals surface area contributed by atoms with Crippen LogP contribution in [0.5, 0.6) is 0 Å². The molecule has 0 saturated heterocycles. The van der Waals surface area contributed by atoms with E-state index < -0.39 is 0 Å². The highest BCUT2D eigenvalue weighted by Gasteiger charge is 2.30. The van der Waals surface area contributed by atoms with Crippen LogP contribution in [0.3, 0.4) is 0 Å². The average Bonchev–Trinajstić information content (AvgIpc) is 3.45. The van der Waals surface area contributed by atoms with E-state index in [1.807, 2.05) is 0 Å². The second kappa shape index (κ2) is 24.7. The van der Waals surface area contributed by atoms with E-state index in [-0.39, 0.29) is 0 Å². The molecule has 284 valence electrons. The van der Waals surface area contributed by atoms with Crippen molar-refractivity contribution in [3.63, 3.8) is 0 Å². The smallest absolute Gasteiger partial charge is 0.210 e. The largest absolute Gasteiger partial charge is 0.493 e. The number of aryl methyl sites for hydroxylation is 4. The first-order chi connectivity index (χ1) is 25.0. The number of rotatable bonds is 28. The van der Waals surface area contributed by atoms with Crippen LogP contribution in [0.1, 0.15) is 221 Å². The summed E-state index contributed by atoms with van der Waals surface area (Å²) in [5.41, 5.74) is 27.5. The highest BCUT2D eigenvalue weighted by Crippen LogP contribution is 2.40. The predicted octanol–water partition coefficient (Wildman–Crippen LogP) is 15.7. The quantitative estimate of drug-likeness (QED) is 0.0626. The van der Waals surface area contributed by atoms with Crippen LogP contribution in [0.15, 0.2) is 35.9 Å². The Morgan fingerprint density at radius 3 is 1.06 bits per heavy atom. The zero-order chi connectivity index (χ0) is 36.8. The van der Waals surface area contributed by atoms with Crippen LogP contribution >= 0.6 is 0 Å². The fourth-order valence-electron chi connectivity index (χ4n) is 8.30. The summed E-state index contributed by atoms with van der Waals surface area (Å²) in [5, 5.41) is 0. The Morgan fingerprint density at radius 1 is 0.392 bits per heavy atom. The zero-order valence-corrected chi connectivity index (χ0v) is 34.7. The molecule has 0 atom stereocenters. The fraction of sp³-hybridized carbons (Fsp3) is 0.673. The number of nitrogens with zero attached hydrogens (tertiary/aromatic N) is 2. The van der Waals surface area contributed by atoms with Crippen LogP contribution in [0.4, 0.5) is 0 Å². The molecule has 2 aromatic rings. The molecule has 0 unspecified atom stereocenters. The molecular formula is C49H78N2. The summed E-state index contributed by atoms with van der Waals surface area (Å²) in [6.07, 6.45) is 34.1. The third-order valence-electron chi connectivity index (χ3n) is 11.3. The molecule has 1 aliphatic rings. The Hall–Kier alpha value is -2.48. The molecule has 1 heterocycles. The molecular weight excluding hydrogens is 617 g/mol. The van der Waals surface area contributed by atoms with Gasteiger partial charge in [-0.15, -0.1) is 0 Å². The molecule has 1 aliphatic heterocycles. The van der Waals surface area contributed by atoms with Crippen LogP contribution in [-0.2, 0) is 38.5 Å². The molecule has 2 nitrogen and oxygen atoms in total. The molecule has 0 amide bonds. The Morgan fingerprint density at radius 2 is 0.725 bits per heavy atom. The van der Waals surface area contributed by atoms with Gasteiger partial charge in [-0.1, -0.05) is 132 Å².